The number of hydrogen-bond acceptors (Lipinski definition) is 2. The van der Waals surface area contributed by atoms with Gasteiger partial charge in [-0.2, -0.15) is 0 Å². The maximum Gasteiger partial charge on any atom is 0.0630 e. The van der Waals surface area contributed by atoms with E-state index in [2.05, 4.69) is 38.0 Å². The summed E-state index contributed by atoms with van der Waals surface area (Å²) >= 11 is 15.1. The zero-order valence-electron chi connectivity index (χ0n) is 12.1. The average Bonchev–Trinajstić information content (AvgIpc) is 2.55. The number of halogens is 3. The minimum absolute atomic E-state index is 0.587. The summed E-state index contributed by atoms with van der Waals surface area (Å²) in [7, 11) is 0. The number of nitrogens with zero attached hydrogens (tertiary/aromatic N) is 2. The van der Waals surface area contributed by atoms with E-state index in [1.807, 2.05) is 42.6 Å². The molecular formula is C17H17BrCl2N2. The molecule has 0 amide bonds. The van der Waals surface area contributed by atoms with Crippen molar-refractivity contribution >= 4 is 56.7 Å². The Morgan fingerprint density at radius 1 is 0.909 bits per heavy atom. The van der Waals surface area contributed by atoms with Gasteiger partial charge in [-0.1, -0.05) is 28.1 Å². The Morgan fingerprint density at radius 3 is 2.05 bits per heavy atom. The SMILES string of the molecule is ClCCN(CCCl)c1ccc(C=Nc2ccc(Br)cc2)cc1. The highest BCUT2D eigenvalue weighted by molar-refractivity contribution is 9.10. The van der Waals surface area contributed by atoms with Gasteiger partial charge in [-0.15, -0.1) is 23.2 Å². The van der Waals surface area contributed by atoms with Crippen LogP contribution >= 0.6 is 39.1 Å². The summed E-state index contributed by atoms with van der Waals surface area (Å²) in [6.45, 7) is 1.58. The van der Waals surface area contributed by atoms with Crippen molar-refractivity contribution in [1.82, 2.24) is 0 Å². The van der Waals surface area contributed by atoms with E-state index in [1.54, 1.807) is 0 Å². The number of hydrogen-bond donors (Lipinski definition) is 0. The smallest absolute Gasteiger partial charge is 0.0630 e. The van der Waals surface area contributed by atoms with Gasteiger partial charge in [0.2, 0.25) is 0 Å². The maximum absolute atomic E-state index is 5.83. The summed E-state index contributed by atoms with van der Waals surface area (Å²) in [6, 6.07) is 16.1. The van der Waals surface area contributed by atoms with Crippen molar-refractivity contribution in [2.45, 2.75) is 0 Å². The first-order valence-electron chi connectivity index (χ1n) is 6.99. The Balaban J connectivity index is 2.06. The van der Waals surface area contributed by atoms with Crippen LogP contribution in [0.25, 0.3) is 0 Å². The topological polar surface area (TPSA) is 15.6 Å². The lowest BCUT2D eigenvalue weighted by Crippen LogP contribution is -2.27. The van der Waals surface area contributed by atoms with Gasteiger partial charge in [0.15, 0.2) is 0 Å². The molecule has 0 heterocycles. The highest BCUT2D eigenvalue weighted by atomic mass is 79.9. The highest BCUT2D eigenvalue weighted by Gasteiger charge is 2.04. The van der Waals surface area contributed by atoms with Crippen LogP contribution in [0.1, 0.15) is 5.56 Å². The first-order valence-corrected chi connectivity index (χ1v) is 8.85. The minimum Gasteiger partial charge on any atom is -0.369 e. The molecule has 22 heavy (non-hydrogen) atoms. The van der Waals surface area contributed by atoms with E-state index in [0.29, 0.717) is 11.8 Å². The van der Waals surface area contributed by atoms with E-state index < -0.39 is 0 Å². The summed E-state index contributed by atoms with van der Waals surface area (Å²) in [6.07, 6.45) is 1.86. The van der Waals surface area contributed by atoms with Gasteiger partial charge in [0.1, 0.15) is 0 Å². The van der Waals surface area contributed by atoms with Gasteiger partial charge in [-0.3, -0.25) is 4.99 Å². The van der Waals surface area contributed by atoms with Crippen LogP contribution in [-0.2, 0) is 0 Å². The van der Waals surface area contributed by atoms with E-state index in [1.165, 1.54) is 0 Å². The van der Waals surface area contributed by atoms with Crippen molar-refractivity contribution in [3.05, 3.63) is 58.6 Å². The highest BCUT2D eigenvalue weighted by Crippen LogP contribution is 2.18. The molecule has 2 aromatic rings. The van der Waals surface area contributed by atoms with Gasteiger partial charge in [-0.05, 0) is 42.0 Å². The van der Waals surface area contributed by atoms with Crippen LogP contribution in [0, 0.1) is 0 Å². The van der Waals surface area contributed by atoms with Crippen molar-refractivity contribution in [2.24, 2.45) is 4.99 Å². The van der Waals surface area contributed by atoms with Gasteiger partial charge in [-0.25, -0.2) is 0 Å². The third-order valence-corrected chi connectivity index (χ3v) is 4.02. The van der Waals surface area contributed by atoms with Gasteiger partial charge in [0.25, 0.3) is 0 Å². The summed E-state index contributed by atoms with van der Waals surface area (Å²) in [4.78, 5) is 6.64. The fourth-order valence-electron chi connectivity index (χ4n) is 2.02. The van der Waals surface area contributed by atoms with Crippen LogP contribution in [0.3, 0.4) is 0 Å². The van der Waals surface area contributed by atoms with Crippen molar-refractivity contribution in [2.75, 3.05) is 29.7 Å². The van der Waals surface area contributed by atoms with Crippen LogP contribution in [0.4, 0.5) is 11.4 Å². The molecule has 0 aliphatic heterocycles. The Hall–Kier alpha value is -1.03. The monoisotopic (exact) mass is 398 g/mol. The molecule has 0 N–H and O–H groups in total. The van der Waals surface area contributed by atoms with Crippen LogP contribution < -0.4 is 4.90 Å². The van der Waals surface area contributed by atoms with E-state index >= 15 is 0 Å². The minimum atomic E-state index is 0.587. The molecule has 0 spiro atoms. The van der Waals surface area contributed by atoms with E-state index in [0.717, 1.165) is 34.5 Å². The molecule has 0 radical (unpaired) electrons. The lowest BCUT2D eigenvalue weighted by atomic mass is 10.2. The Morgan fingerprint density at radius 2 is 1.50 bits per heavy atom. The molecule has 2 rings (SSSR count). The Kier molecular flexibility index (Phi) is 7.23. The molecule has 0 bridgehead atoms. The second-order valence-corrected chi connectivity index (χ2v) is 6.36. The predicted molar refractivity (Wildman–Crippen MR) is 101 cm³/mol. The van der Waals surface area contributed by atoms with Gasteiger partial charge < -0.3 is 4.90 Å². The van der Waals surface area contributed by atoms with Gasteiger partial charge in [0, 0.05) is 41.2 Å². The van der Waals surface area contributed by atoms with Crippen LogP contribution in [-0.4, -0.2) is 31.1 Å². The average molecular weight is 400 g/mol. The summed E-state index contributed by atoms with van der Waals surface area (Å²) in [5.41, 5.74) is 3.11. The standard InChI is InChI=1S/C17H17BrCl2N2/c18-15-3-5-16(6-4-15)21-13-14-1-7-17(8-2-14)22(11-9-19)12-10-20/h1-8,13H,9-12H2. The number of aliphatic imine (C=N–C) groups is 1. The van der Waals surface area contributed by atoms with E-state index in [4.69, 9.17) is 23.2 Å². The maximum atomic E-state index is 5.83. The number of rotatable bonds is 7. The zero-order valence-corrected chi connectivity index (χ0v) is 15.2. The van der Waals surface area contributed by atoms with Gasteiger partial charge >= 0.3 is 0 Å². The quantitative estimate of drug-likeness (QED) is 0.444. The molecule has 0 fully saturated rings. The molecule has 0 unspecified atom stereocenters. The fourth-order valence-corrected chi connectivity index (χ4v) is 2.69. The number of benzene rings is 2. The van der Waals surface area contributed by atoms with Crippen molar-refractivity contribution in [3.8, 4) is 0 Å². The molecule has 0 saturated heterocycles. The molecule has 5 heteroatoms. The van der Waals surface area contributed by atoms with Crippen molar-refractivity contribution < 1.29 is 0 Å². The second-order valence-electron chi connectivity index (χ2n) is 4.69. The van der Waals surface area contributed by atoms with E-state index in [-0.39, 0.29) is 0 Å². The molecule has 0 aliphatic rings. The summed E-state index contributed by atoms with van der Waals surface area (Å²) in [5, 5.41) is 0. The van der Waals surface area contributed by atoms with Crippen LogP contribution in [0.2, 0.25) is 0 Å². The lowest BCUT2D eigenvalue weighted by Gasteiger charge is -2.22. The lowest BCUT2D eigenvalue weighted by molar-refractivity contribution is 0.874. The number of anilines is 1. The van der Waals surface area contributed by atoms with Crippen LogP contribution in [0.5, 0.6) is 0 Å². The first kappa shape index (κ1) is 17.3. The molecule has 0 atom stereocenters. The molecule has 2 aromatic carbocycles. The van der Waals surface area contributed by atoms with Crippen molar-refractivity contribution in [1.29, 1.82) is 0 Å². The van der Waals surface area contributed by atoms with Gasteiger partial charge in [0.05, 0.1) is 5.69 Å². The molecule has 0 aliphatic carbocycles. The number of alkyl halides is 2. The zero-order chi connectivity index (χ0) is 15.8. The van der Waals surface area contributed by atoms with Crippen molar-refractivity contribution in [3.63, 3.8) is 0 Å². The molecule has 0 saturated carbocycles. The third kappa shape index (κ3) is 5.31. The van der Waals surface area contributed by atoms with Crippen LogP contribution in [0.15, 0.2) is 58.0 Å². The first-order chi connectivity index (χ1) is 10.7. The predicted octanol–water partition coefficient (Wildman–Crippen LogP) is 5.48. The van der Waals surface area contributed by atoms with E-state index in [9.17, 15) is 0 Å². The fraction of sp³-hybridized carbons (Fsp3) is 0.235. The molecule has 2 nitrogen and oxygen atoms in total. The molecule has 116 valence electrons. The Bertz CT molecular complexity index is 591. The second kappa shape index (κ2) is 9.19. The largest absolute Gasteiger partial charge is 0.369 e. The summed E-state index contributed by atoms with van der Waals surface area (Å²) < 4.78 is 1.05. The molecule has 0 aromatic heterocycles. The Labute approximate surface area is 149 Å². The third-order valence-electron chi connectivity index (χ3n) is 3.16. The summed E-state index contributed by atoms with van der Waals surface area (Å²) in [5.74, 6) is 1.17. The molecular weight excluding hydrogens is 383 g/mol. The normalized spacial score (nSPS) is 11.0.